The molecule has 0 aliphatic carbocycles. The van der Waals surface area contributed by atoms with E-state index in [-0.39, 0.29) is 12.5 Å². The maximum atomic E-state index is 12.3. The molecule has 1 amide bonds. The molecular weight excluding hydrogens is 639 g/mol. The van der Waals surface area contributed by atoms with E-state index in [0.717, 1.165) is 25.7 Å². The number of rotatable bonds is 45. The molecule has 0 saturated heterocycles. The molecule has 0 aliphatic rings. The van der Waals surface area contributed by atoms with Gasteiger partial charge in [0.15, 0.2) is 0 Å². The third kappa shape index (κ3) is 40.6. The van der Waals surface area contributed by atoms with Gasteiger partial charge in [-0.2, -0.15) is 0 Å². The van der Waals surface area contributed by atoms with Crippen LogP contribution in [0.1, 0.15) is 284 Å². The average molecular weight is 736 g/mol. The van der Waals surface area contributed by atoms with Crippen LogP contribution in [0.25, 0.3) is 0 Å². The van der Waals surface area contributed by atoms with Crippen LogP contribution in [-0.4, -0.2) is 34.9 Å². The fourth-order valence-corrected chi connectivity index (χ4v) is 7.89. The van der Waals surface area contributed by atoms with Crippen LogP contribution in [0.15, 0.2) is 0 Å². The fraction of sp³-hybridized carbons (Fsp3) is 0.979. The van der Waals surface area contributed by atoms with Gasteiger partial charge in [-0.3, -0.25) is 4.79 Å². The summed E-state index contributed by atoms with van der Waals surface area (Å²) in [6.07, 6.45) is 55.3. The zero-order chi connectivity index (χ0) is 37.8. The first-order valence-electron chi connectivity index (χ1n) is 24.2. The van der Waals surface area contributed by atoms with Crippen molar-refractivity contribution >= 4 is 5.91 Å². The molecule has 0 aromatic carbocycles. The zero-order valence-electron chi connectivity index (χ0n) is 35.9. The molecule has 0 bridgehead atoms. The molecule has 0 fully saturated rings. The maximum absolute atomic E-state index is 12.3. The summed E-state index contributed by atoms with van der Waals surface area (Å²) in [6.45, 7) is 4.34. The first-order valence-corrected chi connectivity index (χ1v) is 24.2. The van der Waals surface area contributed by atoms with E-state index in [1.807, 2.05) is 0 Å². The lowest BCUT2D eigenvalue weighted by Gasteiger charge is -2.22. The molecule has 2 unspecified atom stereocenters. The molecule has 4 nitrogen and oxygen atoms in total. The number of unbranched alkanes of at least 4 members (excludes halogenated alkanes) is 38. The fourth-order valence-electron chi connectivity index (χ4n) is 7.89. The van der Waals surface area contributed by atoms with Gasteiger partial charge in [0.1, 0.15) is 0 Å². The van der Waals surface area contributed by atoms with E-state index in [2.05, 4.69) is 19.2 Å². The molecule has 0 aliphatic heterocycles. The molecule has 0 radical (unpaired) electrons. The Balaban J connectivity index is 3.29. The number of aliphatic hydroxyl groups is 2. The Morgan fingerprint density at radius 2 is 0.615 bits per heavy atom. The highest BCUT2D eigenvalue weighted by Crippen LogP contribution is 2.17. The molecular formula is C48H97NO3. The smallest absolute Gasteiger partial charge is 0.220 e. The van der Waals surface area contributed by atoms with Crippen molar-refractivity contribution in [3.05, 3.63) is 0 Å². The van der Waals surface area contributed by atoms with Crippen LogP contribution >= 0.6 is 0 Å². The summed E-state index contributed by atoms with van der Waals surface area (Å²) in [4.78, 5) is 12.3. The Morgan fingerprint density at radius 1 is 0.385 bits per heavy atom. The van der Waals surface area contributed by atoms with Gasteiger partial charge >= 0.3 is 0 Å². The molecule has 0 aromatic rings. The topological polar surface area (TPSA) is 69.6 Å². The monoisotopic (exact) mass is 736 g/mol. The maximum Gasteiger partial charge on any atom is 0.220 e. The largest absolute Gasteiger partial charge is 0.394 e. The van der Waals surface area contributed by atoms with Crippen LogP contribution in [0, 0.1) is 0 Å². The number of carbonyl (C=O) groups excluding carboxylic acids is 1. The van der Waals surface area contributed by atoms with E-state index in [9.17, 15) is 15.0 Å². The first kappa shape index (κ1) is 51.4. The van der Waals surface area contributed by atoms with Crippen molar-refractivity contribution in [3.63, 3.8) is 0 Å². The van der Waals surface area contributed by atoms with Crippen molar-refractivity contribution < 1.29 is 15.0 Å². The second-order valence-electron chi connectivity index (χ2n) is 16.9. The SMILES string of the molecule is CCCCCCCCCCCCCCCCCCCCCCCCCCCCCCCCCCCC(=O)NC(CO)C(O)CCCCCCCCC. The second-order valence-corrected chi connectivity index (χ2v) is 16.9. The minimum Gasteiger partial charge on any atom is -0.394 e. The first-order chi connectivity index (χ1) is 25.7. The standard InChI is InChI=1S/C48H97NO3/c1-3-5-7-9-11-12-13-14-15-16-17-18-19-20-21-22-23-24-25-26-27-28-29-30-31-32-33-34-35-36-38-40-42-44-48(52)49-46(45-50)47(51)43-41-39-37-10-8-6-4-2/h46-47,50-51H,3-45H2,1-2H3,(H,49,52). The number of carbonyl (C=O) groups is 1. The summed E-state index contributed by atoms with van der Waals surface area (Å²) >= 11 is 0. The van der Waals surface area contributed by atoms with Crippen molar-refractivity contribution in [2.24, 2.45) is 0 Å². The van der Waals surface area contributed by atoms with E-state index in [1.54, 1.807) is 0 Å². The summed E-state index contributed by atoms with van der Waals surface area (Å²) in [7, 11) is 0. The molecule has 3 N–H and O–H groups in total. The molecule has 0 spiro atoms. The van der Waals surface area contributed by atoms with Crippen LogP contribution in [0.3, 0.4) is 0 Å². The van der Waals surface area contributed by atoms with Gasteiger partial charge in [-0.25, -0.2) is 0 Å². The number of hydrogen-bond donors (Lipinski definition) is 3. The van der Waals surface area contributed by atoms with E-state index >= 15 is 0 Å². The van der Waals surface area contributed by atoms with Crippen molar-refractivity contribution in [3.8, 4) is 0 Å². The summed E-state index contributed by atoms with van der Waals surface area (Å²) in [6, 6.07) is -0.527. The van der Waals surface area contributed by atoms with E-state index in [4.69, 9.17) is 0 Å². The summed E-state index contributed by atoms with van der Waals surface area (Å²) in [5.41, 5.74) is 0. The lowest BCUT2D eigenvalue weighted by atomic mass is 10.0. The van der Waals surface area contributed by atoms with Gasteiger partial charge in [0.25, 0.3) is 0 Å². The normalized spacial score (nSPS) is 12.8. The van der Waals surface area contributed by atoms with E-state index in [1.165, 1.54) is 231 Å². The summed E-state index contributed by atoms with van der Waals surface area (Å²) < 4.78 is 0. The highest BCUT2D eigenvalue weighted by molar-refractivity contribution is 5.76. The van der Waals surface area contributed by atoms with Crippen molar-refractivity contribution in [1.82, 2.24) is 5.32 Å². The third-order valence-corrected chi connectivity index (χ3v) is 11.6. The molecule has 2 atom stereocenters. The Kier molecular flexibility index (Phi) is 44.3. The van der Waals surface area contributed by atoms with Crippen LogP contribution in [0.5, 0.6) is 0 Å². The highest BCUT2D eigenvalue weighted by Gasteiger charge is 2.20. The van der Waals surface area contributed by atoms with Crippen molar-refractivity contribution in [2.45, 2.75) is 296 Å². The van der Waals surface area contributed by atoms with Gasteiger partial charge in [0.05, 0.1) is 18.8 Å². The Labute approximate surface area is 327 Å². The highest BCUT2D eigenvalue weighted by atomic mass is 16.3. The van der Waals surface area contributed by atoms with Gasteiger partial charge in [0, 0.05) is 6.42 Å². The minimum absolute atomic E-state index is 0.0293. The van der Waals surface area contributed by atoms with Crippen molar-refractivity contribution in [1.29, 1.82) is 0 Å². The molecule has 312 valence electrons. The number of aliphatic hydroxyl groups excluding tert-OH is 2. The predicted molar refractivity (Wildman–Crippen MR) is 230 cm³/mol. The van der Waals surface area contributed by atoms with E-state index < -0.39 is 12.1 Å². The van der Waals surface area contributed by atoms with Crippen LogP contribution in [-0.2, 0) is 4.79 Å². The lowest BCUT2D eigenvalue weighted by molar-refractivity contribution is -0.123. The molecule has 52 heavy (non-hydrogen) atoms. The van der Waals surface area contributed by atoms with Crippen LogP contribution < -0.4 is 5.32 Å². The minimum atomic E-state index is -0.650. The predicted octanol–water partition coefficient (Wildman–Crippen LogP) is 15.2. The molecule has 4 heteroatoms. The van der Waals surface area contributed by atoms with E-state index in [0.29, 0.717) is 12.8 Å². The van der Waals surface area contributed by atoms with Crippen LogP contribution in [0.2, 0.25) is 0 Å². The average Bonchev–Trinajstić information content (AvgIpc) is 3.15. The van der Waals surface area contributed by atoms with Gasteiger partial charge in [0.2, 0.25) is 5.91 Å². The Bertz CT molecular complexity index is 670. The molecule has 0 saturated carbocycles. The number of nitrogens with one attached hydrogen (secondary N) is 1. The summed E-state index contributed by atoms with van der Waals surface area (Å²) in [5, 5.41) is 23.0. The van der Waals surface area contributed by atoms with Crippen molar-refractivity contribution in [2.75, 3.05) is 6.61 Å². The van der Waals surface area contributed by atoms with Gasteiger partial charge < -0.3 is 15.5 Å². The van der Waals surface area contributed by atoms with Gasteiger partial charge in [-0.05, 0) is 12.8 Å². The molecule has 0 rings (SSSR count). The van der Waals surface area contributed by atoms with Crippen LogP contribution in [0.4, 0.5) is 0 Å². The molecule has 0 aromatic heterocycles. The van der Waals surface area contributed by atoms with Gasteiger partial charge in [-0.15, -0.1) is 0 Å². The lowest BCUT2D eigenvalue weighted by Crippen LogP contribution is -2.45. The molecule has 0 heterocycles. The third-order valence-electron chi connectivity index (χ3n) is 11.6. The number of amides is 1. The zero-order valence-corrected chi connectivity index (χ0v) is 35.9. The Morgan fingerprint density at radius 3 is 0.865 bits per heavy atom. The quantitative estimate of drug-likeness (QED) is 0.0545. The number of hydrogen-bond acceptors (Lipinski definition) is 3. The van der Waals surface area contributed by atoms with Gasteiger partial charge in [-0.1, -0.05) is 264 Å². The summed E-state index contributed by atoms with van der Waals surface area (Å²) in [5.74, 6) is -0.0293. The Hall–Kier alpha value is -0.610. The second kappa shape index (κ2) is 44.8.